The Balaban J connectivity index is 2.40. The summed E-state index contributed by atoms with van der Waals surface area (Å²) in [6.07, 6.45) is 2.05. The standard InChI is InChI=1S/C14H17N3O4/c1-21-9-10(6-8-18)16-12-5-7-15-14-11(12)3-2-4-13(14)17(19)20/h2-5,7,10,18H,6,8-9H2,1H3,(H,15,16). The van der Waals surface area contributed by atoms with Crippen LogP contribution in [-0.4, -0.2) is 41.4 Å². The highest BCUT2D eigenvalue weighted by atomic mass is 16.6. The number of pyridine rings is 1. The second-order valence-corrected chi connectivity index (χ2v) is 4.60. The number of aromatic nitrogens is 1. The van der Waals surface area contributed by atoms with Crippen molar-refractivity contribution in [1.82, 2.24) is 4.98 Å². The fraction of sp³-hybridized carbons (Fsp3) is 0.357. The summed E-state index contributed by atoms with van der Waals surface area (Å²) >= 11 is 0. The van der Waals surface area contributed by atoms with Crippen LogP contribution < -0.4 is 5.32 Å². The minimum atomic E-state index is -0.445. The van der Waals surface area contributed by atoms with E-state index in [4.69, 9.17) is 9.84 Å². The van der Waals surface area contributed by atoms with E-state index in [0.29, 0.717) is 23.9 Å². The normalized spacial score (nSPS) is 12.3. The molecule has 0 saturated heterocycles. The Labute approximate surface area is 121 Å². The molecule has 1 aromatic carbocycles. The summed E-state index contributed by atoms with van der Waals surface area (Å²) in [5.41, 5.74) is 1.05. The number of hydrogen-bond acceptors (Lipinski definition) is 6. The topological polar surface area (TPSA) is 97.5 Å². The summed E-state index contributed by atoms with van der Waals surface area (Å²) in [6.45, 7) is 0.462. The van der Waals surface area contributed by atoms with Crippen LogP contribution in [0, 0.1) is 10.1 Å². The molecule has 0 amide bonds. The average Bonchev–Trinajstić information content (AvgIpc) is 2.47. The molecule has 0 fully saturated rings. The highest BCUT2D eigenvalue weighted by Crippen LogP contribution is 2.29. The molecule has 2 rings (SSSR count). The minimum Gasteiger partial charge on any atom is -0.396 e. The number of non-ortho nitro benzene ring substituents is 1. The molecule has 112 valence electrons. The van der Waals surface area contributed by atoms with Crippen LogP contribution in [0.4, 0.5) is 11.4 Å². The van der Waals surface area contributed by atoms with Crippen molar-refractivity contribution in [3.8, 4) is 0 Å². The molecule has 7 heteroatoms. The number of nitrogens with one attached hydrogen (secondary N) is 1. The maximum atomic E-state index is 11.0. The molecule has 0 spiro atoms. The van der Waals surface area contributed by atoms with Crippen LogP contribution in [0.5, 0.6) is 0 Å². The number of nitro benzene ring substituents is 1. The second-order valence-electron chi connectivity index (χ2n) is 4.60. The van der Waals surface area contributed by atoms with Crippen molar-refractivity contribution in [1.29, 1.82) is 0 Å². The molecule has 1 unspecified atom stereocenters. The first-order valence-corrected chi connectivity index (χ1v) is 6.55. The summed E-state index contributed by atoms with van der Waals surface area (Å²) in [5, 5.41) is 24.0. The first kappa shape index (κ1) is 15.1. The number of rotatable bonds is 7. The van der Waals surface area contributed by atoms with Crippen LogP contribution >= 0.6 is 0 Å². The number of nitro groups is 1. The van der Waals surface area contributed by atoms with Gasteiger partial charge in [-0.15, -0.1) is 0 Å². The molecule has 0 radical (unpaired) electrons. The Kier molecular flexibility index (Phi) is 5.02. The fourth-order valence-corrected chi connectivity index (χ4v) is 2.21. The van der Waals surface area contributed by atoms with Gasteiger partial charge in [0.15, 0.2) is 0 Å². The number of nitrogens with zero attached hydrogens (tertiary/aromatic N) is 2. The zero-order chi connectivity index (χ0) is 15.2. The lowest BCUT2D eigenvalue weighted by Crippen LogP contribution is -2.26. The summed E-state index contributed by atoms with van der Waals surface area (Å²) in [4.78, 5) is 14.7. The van der Waals surface area contributed by atoms with Crippen molar-refractivity contribution in [2.45, 2.75) is 12.5 Å². The van der Waals surface area contributed by atoms with Gasteiger partial charge in [0.05, 0.1) is 17.6 Å². The number of fused-ring (bicyclic) bond motifs is 1. The van der Waals surface area contributed by atoms with Gasteiger partial charge in [0, 0.05) is 37.1 Å². The van der Waals surface area contributed by atoms with Crippen molar-refractivity contribution in [3.05, 3.63) is 40.6 Å². The maximum Gasteiger partial charge on any atom is 0.295 e. The molecule has 0 aliphatic carbocycles. The molecule has 1 atom stereocenters. The number of anilines is 1. The van der Waals surface area contributed by atoms with Crippen molar-refractivity contribution in [3.63, 3.8) is 0 Å². The van der Waals surface area contributed by atoms with Gasteiger partial charge in [-0.2, -0.15) is 0 Å². The summed E-state index contributed by atoms with van der Waals surface area (Å²) in [7, 11) is 1.58. The van der Waals surface area contributed by atoms with E-state index in [0.717, 1.165) is 5.69 Å². The average molecular weight is 291 g/mol. The van der Waals surface area contributed by atoms with Gasteiger partial charge in [-0.25, -0.2) is 4.98 Å². The zero-order valence-electron chi connectivity index (χ0n) is 11.7. The predicted molar refractivity (Wildman–Crippen MR) is 79.4 cm³/mol. The maximum absolute atomic E-state index is 11.0. The second kappa shape index (κ2) is 6.96. The van der Waals surface area contributed by atoms with Crippen molar-refractivity contribution in [2.24, 2.45) is 0 Å². The van der Waals surface area contributed by atoms with Gasteiger partial charge >= 0.3 is 0 Å². The van der Waals surface area contributed by atoms with Crippen molar-refractivity contribution in [2.75, 3.05) is 25.6 Å². The number of aliphatic hydroxyl groups excluding tert-OH is 1. The van der Waals surface area contributed by atoms with Crippen LogP contribution in [0.3, 0.4) is 0 Å². The lowest BCUT2D eigenvalue weighted by molar-refractivity contribution is -0.383. The molecule has 0 aliphatic rings. The molecule has 2 N–H and O–H groups in total. The third kappa shape index (κ3) is 3.45. The first-order valence-electron chi connectivity index (χ1n) is 6.55. The number of aliphatic hydroxyl groups is 1. The van der Waals surface area contributed by atoms with E-state index in [1.807, 2.05) is 0 Å². The molecule has 0 aliphatic heterocycles. The third-order valence-corrected chi connectivity index (χ3v) is 3.15. The van der Waals surface area contributed by atoms with E-state index < -0.39 is 4.92 Å². The largest absolute Gasteiger partial charge is 0.396 e. The van der Waals surface area contributed by atoms with E-state index >= 15 is 0 Å². The van der Waals surface area contributed by atoms with Gasteiger partial charge < -0.3 is 15.2 Å². The van der Waals surface area contributed by atoms with E-state index in [1.54, 1.807) is 25.3 Å². The summed E-state index contributed by atoms with van der Waals surface area (Å²) < 4.78 is 5.11. The minimum absolute atomic E-state index is 0.0263. The highest BCUT2D eigenvalue weighted by molar-refractivity contribution is 5.96. The molecular formula is C14H17N3O4. The van der Waals surface area contributed by atoms with Crippen LogP contribution in [0.15, 0.2) is 30.5 Å². The van der Waals surface area contributed by atoms with Crippen LogP contribution in [0.2, 0.25) is 0 Å². The van der Waals surface area contributed by atoms with Gasteiger partial charge in [-0.1, -0.05) is 12.1 Å². The Bertz CT molecular complexity index is 627. The summed E-state index contributed by atoms with van der Waals surface area (Å²) in [6, 6.07) is 6.52. The number of benzene rings is 1. The van der Waals surface area contributed by atoms with Crippen molar-refractivity contribution >= 4 is 22.3 Å². The monoisotopic (exact) mass is 291 g/mol. The molecule has 0 saturated carbocycles. The van der Waals surface area contributed by atoms with Crippen LogP contribution in [0.1, 0.15) is 6.42 Å². The first-order chi connectivity index (χ1) is 10.2. The molecule has 21 heavy (non-hydrogen) atoms. The number of para-hydroxylation sites is 1. The lowest BCUT2D eigenvalue weighted by atomic mass is 10.1. The Morgan fingerprint density at radius 2 is 2.29 bits per heavy atom. The molecule has 7 nitrogen and oxygen atoms in total. The smallest absolute Gasteiger partial charge is 0.295 e. The van der Waals surface area contributed by atoms with E-state index in [9.17, 15) is 10.1 Å². The van der Waals surface area contributed by atoms with Gasteiger partial charge in [-0.05, 0) is 12.5 Å². The Morgan fingerprint density at radius 1 is 1.48 bits per heavy atom. The molecular weight excluding hydrogens is 274 g/mol. The van der Waals surface area contributed by atoms with Crippen molar-refractivity contribution < 1.29 is 14.8 Å². The van der Waals surface area contributed by atoms with E-state index in [2.05, 4.69) is 10.3 Å². The molecule has 1 heterocycles. The van der Waals surface area contributed by atoms with Gasteiger partial charge in [0.1, 0.15) is 5.52 Å². The highest BCUT2D eigenvalue weighted by Gasteiger charge is 2.16. The third-order valence-electron chi connectivity index (χ3n) is 3.15. The Hall–Kier alpha value is -2.25. The zero-order valence-corrected chi connectivity index (χ0v) is 11.7. The lowest BCUT2D eigenvalue weighted by Gasteiger charge is -2.19. The van der Waals surface area contributed by atoms with E-state index in [-0.39, 0.29) is 18.3 Å². The fourth-order valence-electron chi connectivity index (χ4n) is 2.21. The molecule has 1 aromatic heterocycles. The molecule has 2 aromatic rings. The predicted octanol–water partition coefficient (Wildman–Crippen LogP) is 1.95. The van der Waals surface area contributed by atoms with Crippen LogP contribution in [-0.2, 0) is 4.74 Å². The quantitative estimate of drug-likeness (QED) is 0.597. The van der Waals surface area contributed by atoms with Gasteiger partial charge in [0.25, 0.3) is 5.69 Å². The van der Waals surface area contributed by atoms with Crippen LogP contribution in [0.25, 0.3) is 10.9 Å². The number of methoxy groups -OCH3 is 1. The van der Waals surface area contributed by atoms with Gasteiger partial charge in [0.2, 0.25) is 0 Å². The SMILES string of the molecule is COCC(CCO)Nc1ccnc2c([N+](=O)[O-])cccc12. The number of ether oxygens (including phenoxy) is 1. The molecule has 0 bridgehead atoms. The van der Waals surface area contributed by atoms with E-state index in [1.165, 1.54) is 12.3 Å². The Morgan fingerprint density at radius 3 is 2.95 bits per heavy atom. The van der Waals surface area contributed by atoms with Gasteiger partial charge in [-0.3, -0.25) is 10.1 Å². The number of hydrogen-bond donors (Lipinski definition) is 2. The summed E-state index contributed by atoms with van der Waals surface area (Å²) in [5.74, 6) is 0.